The lowest BCUT2D eigenvalue weighted by atomic mass is 10.1. The van der Waals surface area contributed by atoms with Gasteiger partial charge < -0.3 is 29.2 Å². The SMILES string of the molecule is O=C(CCS(=O)(=O)c1ccccc1)N1CCCCN(C(=O)c2ccc3[nH]ccc3c2)CCCOc2cccc(c2)-c2nccn2CC1.O=CO. The number of fused-ring (bicyclic) bond motifs is 5. The Morgan fingerprint density at radius 3 is 2.44 bits per heavy atom. The molecule has 0 aliphatic carbocycles. The van der Waals surface area contributed by atoms with Crippen LogP contribution in [-0.4, -0.2) is 94.7 Å². The highest BCUT2D eigenvalue weighted by Gasteiger charge is 2.21. The quantitative estimate of drug-likeness (QED) is 0.240. The van der Waals surface area contributed by atoms with Gasteiger partial charge in [0, 0.05) is 79.8 Å². The molecule has 1 aliphatic heterocycles. The fraction of sp³-hybridized carbons (Fsp3) is 0.297. The standard InChI is InChI=1S/C36H39N5O5S.CH2O2/c42-34(15-25-47(44,45)32-10-2-1-3-11-32)39-18-4-5-19-41(36(43)30-12-13-33-28(26-30)14-16-37-33)20-7-24-46-31-9-6-8-29(27-31)35-38-17-21-40(35)23-22-39;2-1-3/h1-3,6,8-14,16-17,21,26-27,37H,4-5,7,15,18-20,22-25H2;1H,(H,2,3). The van der Waals surface area contributed by atoms with E-state index in [0.717, 1.165) is 22.3 Å². The first kappa shape index (κ1) is 35.9. The van der Waals surface area contributed by atoms with Gasteiger partial charge in [0.05, 0.1) is 17.3 Å². The van der Waals surface area contributed by atoms with Crippen LogP contribution in [0.25, 0.3) is 22.3 Å². The van der Waals surface area contributed by atoms with E-state index in [4.69, 9.17) is 14.6 Å². The first-order valence-corrected chi connectivity index (χ1v) is 18.2. The molecule has 0 atom stereocenters. The third kappa shape index (κ3) is 9.38. The Morgan fingerprint density at radius 2 is 1.64 bits per heavy atom. The predicted molar refractivity (Wildman–Crippen MR) is 190 cm³/mol. The number of aromatic amines is 1. The molecule has 0 spiro atoms. The Bertz CT molecular complexity index is 1990. The maximum atomic E-state index is 13.7. The third-order valence-corrected chi connectivity index (χ3v) is 10.2. The molecule has 2 bridgehead atoms. The van der Waals surface area contributed by atoms with E-state index in [0.29, 0.717) is 69.9 Å². The molecule has 262 valence electrons. The van der Waals surface area contributed by atoms with Crippen LogP contribution >= 0.6 is 0 Å². The van der Waals surface area contributed by atoms with Gasteiger partial charge in [-0.25, -0.2) is 13.4 Å². The zero-order valence-corrected chi connectivity index (χ0v) is 28.5. The fourth-order valence-corrected chi connectivity index (χ4v) is 7.18. The Morgan fingerprint density at radius 1 is 0.880 bits per heavy atom. The summed E-state index contributed by atoms with van der Waals surface area (Å²) in [6, 6.07) is 23.6. The molecule has 3 heterocycles. The molecule has 50 heavy (non-hydrogen) atoms. The summed E-state index contributed by atoms with van der Waals surface area (Å²) < 4.78 is 34.0. The number of nitrogens with zero attached hydrogens (tertiary/aromatic N) is 4. The van der Waals surface area contributed by atoms with Crippen LogP contribution in [0.2, 0.25) is 0 Å². The zero-order chi connectivity index (χ0) is 35.3. The summed E-state index contributed by atoms with van der Waals surface area (Å²) in [5, 5.41) is 7.87. The highest BCUT2D eigenvalue weighted by Crippen LogP contribution is 2.24. The first-order chi connectivity index (χ1) is 24.3. The summed E-state index contributed by atoms with van der Waals surface area (Å²) in [5.74, 6) is 0.955. The third-order valence-electron chi connectivity index (χ3n) is 8.49. The molecule has 0 saturated carbocycles. The number of sulfone groups is 1. The number of carboxylic acid groups (broad SMARTS) is 1. The van der Waals surface area contributed by atoms with Gasteiger partial charge in [-0.15, -0.1) is 0 Å². The minimum atomic E-state index is -3.60. The highest BCUT2D eigenvalue weighted by atomic mass is 32.2. The molecule has 6 rings (SSSR count). The van der Waals surface area contributed by atoms with Gasteiger partial charge in [0.25, 0.3) is 12.4 Å². The maximum Gasteiger partial charge on any atom is 0.290 e. The zero-order valence-electron chi connectivity index (χ0n) is 27.7. The number of H-pyrrole nitrogens is 1. The monoisotopic (exact) mass is 699 g/mol. The second-order valence-corrected chi connectivity index (χ2v) is 13.9. The summed E-state index contributed by atoms with van der Waals surface area (Å²) in [6.45, 7) is 2.58. The van der Waals surface area contributed by atoms with Crippen molar-refractivity contribution >= 4 is 39.0 Å². The van der Waals surface area contributed by atoms with Gasteiger partial charge in [-0.3, -0.25) is 14.4 Å². The Balaban J connectivity index is 0.00000156. The van der Waals surface area contributed by atoms with E-state index in [1.807, 2.05) is 70.4 Å². The van der Waals surface area contributed by atoms with Gasteiger partial charge in [0.2, 0.25) is 5.91 Å². The minimum absolute atomic E-state index is 0.0440. The maximum absolute atomic E-state index is 13.7. The van der Waals surface area contributed by atoms with Crippen molar-refractivity contribution in [1.82, 2.24) is 24.3 Å². The number of imidazole rings is 1. The van der Waals surface area contributed by atoms with Crippen molar-refractivity contribution in [1.29, 1.82) is 0 Å². The van der Waals surface area contributed by atoms with Crippen molar-refractivity contribution in [2.45, 2.75) is 37.1 Å². The van der Waals surface area contributed by atoms with Crippen LogP contribution in [0.5, 0.6) is 5.75 Å². The van der Waals surface area contributed by atoms with E-state index in [1.54, 1.807) is 41.4 Å². The van der Waals surface area contributed by atoms with Crippen molar-refractivity contribution in [2.75, 3.05) is 38.5 Å². The fourth-order valence-electron chi connectivity index (χ4n) is 5.92. The molecule has 2 N–H and O–H groups in total. The largest absolute Gasteiger partial charge is 0.494 e. The van der Waals surface area contributed by atoms with Crippen molar-refractivity contribution in [3.8, 4) is 17.1 Å². The average molecular weight is 700 g/mol. The second kappa shape index (κ2) is 17.3. The van der Waals surface area contributed by atoms with E-state index >= 15 is 0 Å². The number of rotatable bonds is 5. The summed E-state index contributed by atoms with van der Waals surface area (Å²) in [7, 11) is -3.60. The molecule has 0 fully saturated rings. The number of benzene rings is 3. The van der Waals surface area contributed by atoms with Crippen molar-refractivity contribution in [2.24, 2.45) is 0 Å². The topological polar surface area (TPSA) is 155 Å². The first-order valence-electron chi connectivity index (χ1n) is 16.5. The molecule has 1 aliphatic rings. The lowest BCUT2D eigenvalue weighted by Crippen LogP contribution is -2.37. The molecule has 0 saturated heterocycles. The lowest BCUT2D eigenvalue weighted by molar-refractivity contribution is -0.131. The summed E-state index contributed by atoms with van der Waals surface area (Å²) in [6.07, 6.45) is 7.36. The number of nitrogens with one attached hydrogen (secondary N) is 1. The number of ether oxygens (including phenoxy) is 1. The van der Waals surface area contributed by atoms with Crippen molar-refractivity contribution < 1.29 is 32.6 Å². The van der Waals surface area contributed by atoms with Crippen LogP contribution in [0.1, 0.15) is 36.0 Å². The van der Waals surface area contributed by atoms with E-state index in [1.165, 1.54) is 0 Å². The van der Waals surface area contributed by atoms with E-state index in [9.17, 15) is 18.0 Å². The van der Waals surface area contributed by atoms with Crippen molar-refractivity contribution in [3.63, 3.8) is 0 Å². The summed E-state index contributed by atoms with van der Waals surface area (Å²) in [4.78, 5) is 47.2. The number of hydrogen-bond acceptors (Lipinski definition) is 7. The molecule has 13 heteroatoms. The van der Waals surface area contributed by atoms with Gasteiger partial charge in [0.1, 0.15) is 11.6 Å². The Hall–Kier alpha value is -5.43. The number of hydrogen-bond donors (Lipinski definition) is 2. The van der Waals surface area contributed by atoms with Crippen LogP contribution in [0.4, 0.5) is 0 Å². The molecule has 5 aromatic rings. The lowest BCUT2D eigenvalue weighted by Gasteiger charge is -2.26. The van der Waals surface area contributed by atoms with Crippen LogP contribution in [0, 0.1) is 0 Å². The van der Waals surface area contributed by atoms with E-state index in [2.05, 4.69) is 9.97 Å². The average Bonchev–Trinajstić information content (AvgIpc) is 3.81. The number of carbonyl (C=O) groups excluding carboxylic acids is 2. The summed E-state index contributed by atoms with van der Waals surface area (Å²) in [5.41, 5.74) is 2.49. The van der Waals surface area contributed by atoms with Gasteiger partial charge in [-0.1, -0.05) is 30.3 Å². The van der Waals surface area contributed by atoms with Crippen LogP contribution in [0.15, 0.2) is 102 Å². The smallest absolute Gasteiger partial charge is 0.290 e. The number of aromatic nitrogens is 3. The van der Waals surface area contributed by atoms with Crippen LogP contribution < -0.4 is 4.74 Å². The molecular weight excluding hydrogens is 659 g/mol. The molecule has 2 amide bonds. The Labute approximate surface area is 291 Å². The van der Waals surface area contributed by atoms with Crippen LogP contribution in [0.3, 0.4) is 0 Å². The Kier molecular flexibility index (Phi) is 12.4. The highest BCUT2D eigenvalue weighted by molar-refractivity contribution is 7.91. The summed E-state index contributed by atoms with van der Waals surface area (Å²) >= 11 is 0. The molecule has 0 unspecified atom stereocenters. The molecule has 12 nitrogen and oxygen atoms in total. The van der Waals surface area contributed by atoms with E-state index in [-0.39, 0.29) is 35.4 Å². The predicted octanol–water partition coefficient (Wildman–Crippen LogP) is 5.13. The molecule has 2 aromatic heterocycles. The number of amides is 2. The minimum Gasteiger partial charge on any atom is -0.494 e. The van der Waals surface area contributed by atoms with Crippen LogP contribution in [-0.2, 0) is 26.0 Å². The van der Waals surface area contributed by atoms with E-state index < -0.39 is 9.84 Å². The molecule has 3 aromatic carbocycles. The second-order valence-electron chi connectivity index (χ2n) is 11.8. The molecule has 0 radical (unpaired) electrons. The normalized spacial score (nSPS) is 14.4. The molecular formula is C37H41N5O7S. The van der Waals surface area contributed by atoms with Gasteiger partial charge >= 0.3 is 0 Å². The van der Waals surface area contributed by atoms with Gasteiger partial charge in [-0.05, 0) is 67.8 Å². The number of carbonyl (C=O) groups is 3. The van der Waals surface area contributed by atoms with Gasteiger partial charge in [0.15, 0.2) is 9.84 Å². The van der Waals surface area contributed by atoms with Gasteiger partial charge in [-0.2, -0.15) is 0 Å². The van der Waals surface area contributed by atoms with Crippen molar-refractivity contribution in [3.05, 3.63) is 103 Å².